The Labute approximate surface area is 128 Å². The van der Waals surface area contributed by atoms with Gasteiger partial charge >= 0.3 is 0 Å². The van der Waals surface area contributed by atoms with E-state index in [1.54, 1.807) is 6.21 Å². The van der Waals surface area contributed by atoms with Crippen molar-refractivity contribution in [2.24, 2.45) is 11.0 Å². The Balaban J connectivity index is 2.36. The van der Waals surface area contributed by atoms with Crippen molar-refractivity contribution in [1.82, 2.24) is 19.4 Å². The molecule has 2 aromatic heterocycles. The number of aryl methyl sites for hydroxylation is 1. The van der Waals surface area contributed by atoms with Crippen LogP contribution in [0.2, 0.25) is 0 Å². The molecule has 0 aliphatic carbocycles. The second-order valence-corrected chi connectivity index (χ2v) is 6.02. The van der Waals surface area contributed by atoms with E-state index in [1.165, 1.54) is 16.1 Å². The lowest BCUT2D eigenvalue weighted by molar-refractivity contribution is 0.509. The van der Waals surface area contributed by atoms with Crippen LogP contribution in [0.4, 0.5) is 0 Å². The Morgan fingerprint density at radius 1 is 1.25 bits per heavy atom. The monoisotopic (exact) mass is 309 g/mol. The molecule has 0 atom stereocenters. The van der Waals surface area contributed by atoms with Crippen LogP contribution in [-0.4, -0.2) is 25.7 Å². The third kappa shape index (κ3) is 2.99. The molecule has 7 heteroatoms. The fourth-order valence-corrected chi connectivity index (χ4v) is 2.57. The fraction of sp³-hybridized carbons (Fsp3) is 0.462. The van der Waals surface area contributed by atoms with E-state index in [-0.39, 0.29) is 0 Å². The zero-order chi connectivity index (χ0) is 14.9. The van der Waals surface area contributed by atoms with Crippen molar-refractivity contribution in [3.8, 4) is 0 Å². The quantitative estimate of drug-likeness (QED) is 0.670. The molecule has 2 heterocycles. The summed E-state index contributed by atoms with van der Waals surface area (Å²) in [5.74, 6) is 0.608. The highest BCUT2D eigenvalue weighted by Crippen LogP contribution is 2.15. The smallest absolute Gasteiger partial charge is 0.215 e. The largest absolute Gasteiger partial charge is 0.348 e. The minimum Gasteiger partial charge on any atom is -0.348 e. The molecule has 0 aliphatic rings. The zero-order valence-corrected chi connectivity index (χ0v) is 13.7. The number of rotatable bonds is 4. The summed E-state index contributed by atoms with van der Waals surface area (Å²) in [6.07, 6.45) is 1.80. The van der Waals surface area contributed by atoms with Crippen molar-refractivity contribution in [1.29, 1.82) is 0 Å². The molecule has 0 amide bonds. The number of aromatic nitrogens is 4. The van der Waals surface area contributed by atoms with E-state index in [2.05, 4.69) is 53.6 Å². The Hall–Kier alpha value is -1.47. The lowest BCUT2D eigenvalue weighted by Crippen LogP contribution is -2.08. The van der Waals surface area contributed by atoms with Crippen LogP contribution in [0.25, 0.3) is 0 Å². The Bertz CT molecular complexity index is 714. The normalized spacial score (nSPS) is 11.8. The van der Waals surface area contributed by atoms with Gasteiger partial charge < -0.3 is 4.57 Å². The van der Waals surface area contributed by atoms with E-state index >= 15 is 0 Å². The SMILES string of the molecule is Cc1cc(/C=N\n2c(=S)[nH][nH]c2=S)c(C)n1CC(C)C. The fourth-order valence-electron chi connectivity index (χ4n) is 2.13. The van der Waals surface area contributed by atoms with E-state index in [0.29, 0.717) is 15.5 Å². The third-order valence-electron chi connectivity index (χ3n) is 3.13. The first-order chi connectivity index (χ1) is 9.40. The first-order valence-electron chi connectivity index (χ1n) is 6.51. The highest BCUT2D eigenvalue weighted by molar-refractivity contribution is 7.72. The van der Waals surface area contributed by atoms with Gasteiger partial charge in [-0.15, -0.1) is 0 Å². The predicted molar refractivity (Wildman–Crippen MR) is 86.5 cm³/mol. The standard InChI is InChI=1S/C13H19N5S2/c1-8(2)7-17-9(3)5-11(10(17)4)6-14-18-12(19)15-16-13(18)20/h5-6,8H,7H2,1-4H3,(H,15,19)(H,16,20)/b14-6-. The molecule has 2 aromatic rings. The van der Waals surface area contributed by atoms with Crippen molar-refractivity contribution < 1.29 is 0 Å². The van der Waals surface area contributed by atoms with Gasteiger partial charge in [-0.3, -0.25) is 10.2 Å². The Morgan fingerprint density at radius 3 is 2.40 bits per heavy atom. The summed E-state index contributed by atoms with van der Waals surface area (Å²) >= 11 is 10.2. The average Bonchev–Trinajstić information content (AvgIpc) is 2.82. The topological polar surface area (TPSA) is 53.8 Å². The summed E-state index contributed by atoms with van der Waals surface area (Å²) in [4.78, 5) is 0. The van der Waals surface area contributed by atoms with Crippen LogP contribution in [0.3, 0.4) is 0 Å². The van der Waals surface area contributed by atoms with Gasteiger partial charge in [-0.1, -0.05) is 13.8 Å². The van der Waals surface area contributed by atoms with E-state index in [4.69, 9.17) is 24.4 Å². The molecule has 0 radical (unpaired) electrons. The molecule has 0 unspecified atom stereocenters. The minimum absolute atomic E-state index is 0.460. The van der Waals surface area contributed by atoms with Crippen LogP contribution < -0.4 is 0 Å². The van der Waals surface area contributed by atoms with Gasteiger partial charge in [0, 0.05) is 23.5 Å². The summed E-state index contributed by atoms with van der Waals surface area (Å²) in [5.41, 5.74) is 3.53. The highest BCUT2D eigenvalue weighted by atomic mass is 32.1. The zero-order valence-electron chi connectivity index (χ0n) is 12.1. The average molecular weight is 309 g/mol. The van der Waals surface area contributed by atoms with Crippen molar-refractivity contribution in [2.75, 3.05) is 0 Å². The highest BCUT2D eigenvalue weighted by Gasteiger charge is 2.08. The lowest BCUT2D eigenvalue weighted by atomic mass is 10.2. The van der Waals surface area contributed by atoms with E-state index in [9.17, 15) is 0 Å². The van der Waals surface area contributed by atoms with Crippen LogP contribution in [0.15, 0.2) is 11.2 Å². The Kier molecular flexibility index (Phi) is 4.39. The summed E-state index contributed by atoms with van der Waals surface area (Å²) in [6, 6.07) is 2.13. The van der Waals surface area contributed by atoms with Crippen LogP contribution in [0, 0.1) is 29.3 Å². The third-order valence-corrected chi connectivity index (χ3v) is 3.68. The molecular formula is C13H19N5S2. The molecule has 5 nitrogen and oxygen atoms in total. The number of aromatic amines is 2. The number of hydrogen-bond acceptors (Lipinski definition) is 3. The van der Waals surface area contributed by atoms with Crippen molar-refractivity contribution >= 4 is 30.7 Å². The molecule has 2 rings (SSSR count). The minimum atomic E-state index is 0.460. The van der Waals surface area contributed by atoms with Gasteiger partial charge in [-0.05, 0) is 50.3 Å². The van der Waals surface area contributed by atoms with Gasteiger partial charge in [0.2, 0.25) is 9.54 Å². The van der Waals surface area contributed by atoms with Gasteiger partial charge in [-0.25, -0.2) is 0 Å². The molecule has 108 valence electrons. The summed E-state index contributed by atoms with van der Waals surface area (Å²) in [7, 11) is 0. The molecule has 2 N–H and O–H groups in total. The van der Waals surface area contributed by atoms with E-state index in [1.807, 2.05) is 0 Å². The van der Waals surface area contributed by atoms with Gasteiger partial charge in [0.15, 0.2) is 0 Å². The first-order valence-corrected chi connectivity index (χ1v) is 7.32. The summed E-state index contributed by atoms with van der Waals surface area (Å²) < 4.78 is 4.73. The molecule has 0 saturated carbocycles. The maximum atomic E-state index is 5.10. The van der Waals surface area contributed by atoms with Gasteiger partial charge in [0.25, 0.3) is 0 Å². The molecule has 0 aliphatic heterocycles. The van der Waals surface area contributed by atoms with E-state index < -0.39 is 0 Å². The van der Waals surface area contributed by atoms with Gasteiger partial charge in [0.05, 0.1) is 6.21 Å². The molecule has 0 fully saturated rings. The van der Waals surface area contributed by atoms with Crippen LogP contribution >= 0.6 is 24.4 Å². The van der Waals surface area contributed by atoms with Crippen LogP contribution in [0.1, 0.15) is 30.8 Å². The summed E-state index contributed by atoms with van der Waals surface area (Å²) in [5, 5.41) is 9.86. The number of H-pyrrole nitrogens is 2. The lowest BCUT2D eigenvalue weighted by Gasteiger charge is -2.11. The second kappa shape index (κ2) is 5.88. The Morgan fingerprint density at radius 2 is 1.85 bits per heavy atom. The first kappa shape index (κ1) is 14.9. The molecule has 20 heavy (non-hydrogen) atoms. The predicted octanol–water partition coefficient (Wildman–Crippen LogP) is 3.56. The van der Waals surface area contributed by atoms with Crippen LogP contribution in [0.5, 0.6) is 0 Å². The molecule has 0 saturated heterocycles. The maximum absolute atomic E-state index is 5.10. The second-order valence-electron chi connectivity index (χ2n) is 5.25. The van der Waals surface area contributed by atoms with Crippen molar-refractivity contribution in [3.63, 3.8) is 0 Å². The van der Waals surface area contributed by atoms with Crippen LogP contribution in [-0.2, 0) is 6.54 Å². The number of hydrogen-bond donors (Lipinski definition) is 2. The number of nitrogens with one attached hydrogen (secondary N) is 2. The van der Waals surface area contributed by atoms with Crippen molar-refractivity contribution in [3.05, 3.63) is 32.6 Å². The van der Waals surface area contributed by atoms with Gasteiger partial charge in [-0.2, -0.15) is 9.78 Å². The maximum Gasteiger partial charge on any atom is 0.215 e. The molecule has 0 bridgehead atoms. The van der Waals surface area contributed by atoms with Gasteiger partial charge in [0.1, 0.15) is 0 Å². The van der Waals surface area contributed by atoms with Crippen molar-refractivity contribution in [2.45, 2.75) is 34.2 Å². The molecule has 0 spiro atoms. The van der Waals surface area contributed by atoms with E-state index in [0.717, 1.165) is 12.1 Å². The summed E-state index contributed by atoms with van der Waals surface area (Å²) in [6.45, 7) is 9.65. The molecular weight excluding hydrogens is 290 g/mol. The molecule has 0 aromatic carbocycles. The number of nitrogens with zero attached hydrogens (tertiary/aromatic N) is 3.